The van der Waals surface area contributed by atoms with Crippen LogP contribution in [0.4, 0.5) is 5.69 Å². The monoisotopic (exact) mass is 255 g/mol. The first-order valence-electron chi connectivity index (χ1n) is 5.64. The molecule has 0 spiro atoms. The number of nitrogen functional groups attached to an aromatic ring is 1. The maximum atomic E-state index is 11.8. The summed E-state index contributed by atoms with van der Waals surface area (Å²) in [5.74, 6) is -0.301. The topological polar surface area (TPSA) is 87.7 Å². The lowest BCUT2D eigenvalue weighted by Crippen LogP contribution is -2.18. The van der Waals surface area contributed by atoms with Gasteiger partial charge in [0.2, 0.25) is 0 Å². The fourth-order valence-electron chi connectivity index (χ4n) is 1.52. The highest BCUT2D eigenvalue weighted by atomic mass is 16.3. The number of hydrogen-bond donors (Lipinski definition) is 3. The number of amides is 1. The van der Waals surface area contributed by atoms with Crippen LogP contribution in [0, 0.1) is 0 Å². The van der Waals surface area contributed by atoms with E-state index >= 15 is 0 Å². The van der Waals surface area contributed by atoms with E-state index in [1.807, 2.05) is 0 Å². The number of aromatic hydroxyl groups is 1. The van der Waals surface area contributed by atoms with Crippen molar-refractivity contribution in [3.8, 4) is 5.75 Å². The van der Waals surface area contributed by atoms with Gasteiger partial charge >= 0.3 is 0 Å². The van der Waals surface area contributed by atoms with E-state index in [0.717, 1.165) is 0 Å². The fraction of sp³-hybridized carbons (Fsp3) is 0. The number of carbonyl (C=O) groups excluding carboxylic acids is 1. The fourth-order valence-corrected chi connectivity index (χ4v) is 1.52. The van der Waals surface area contributed by atoms with E-state index in [2.05, 4.69) is 10.5 Å². The molecule has 5 heteroatoms. The minimum Gasteiger partial charge on any atom is -0.507 e. The van der Waals surface area contributed by atoms with Crippen LogP contribution in [0.15, 0.2) is 53.6 Å². The molecule has 5 nitrogen and oxygen atoms in total. The van der Waals surface area contributed by atoms with Crippen LogP contribution < -0.4 is 11.2 Å². The summed E-state index contributed by atoms with van der Waals surface area (Å²) >= 11 is 0. The Morgan fingerprint density at radius 1 is 1.16 bits per heavy atom. The third-order valence-electron chi connectivity index (χ3n) is 2.51. The Hall–Kier alpha value is -2.82. The first-order valence-corrected chi connectivity index (χ1v) is 5.64. The highest BCUT2D eigenvalue weighted by molar-refractivity contribution is 5.99. The summed E-state index contributed by atoms with van der Waals surface area (Å²) in [5.41, 5.74) is 9.29. The van der Waals surface area contributed by atoms with Gasteiger partial charge in [-0.05, 0) is 24.3 Å². The number of nitrogens with one attached hydrogen (secondary N) is 1. The first kappa shape index (κ1) is 12.6. The van der Waals surface area contributed by atoms with Crippen LogP contribution in [0.1, 0.15) is 15.9 Å². The van der Waals surface area contributed by atoms with Crippen molar-refractivity contribution in [3.63, 3.8) is 0 Å². The normalized spacial score (nSPS) is 10.5. The standard InChI is InChI=1S/C14H13N3O2/c15-12-7-3-2-6-11(12)14(19)17-16-9-10-5-1-4-8-13(10)18/h1-9,18H,15H2,(H,17,19)/b16-9-. The third-order valence-corrected chi connectivity index (χ3v) is 2.51. The second-order valence-electron chi connectivity index (χ2n) is 3.85. The zero-order valence-corrected chi connectivity index (χ0v) is 10.1. The molecule has 2 aromatic carbocycles. The van der Waals surface area contributed by atoms with Gasteiger partial charge in [-0.3, -0.25) is 4.79 Å². The zero-order chi connectivity index (χ0) is 13.7. The second-order valence-corrected chi connectivity index (χ2v) is 3.85. The van der Waals surface area contributed by atoms with Crippen molar-refractivity contribution in [3.05, 3.63) is 59.7 Å². The molecule has 2 aromatic rings. The minimum atomic E-state index is -0.398. The molecular weight excluding hydrogens is 242 g/mol. The van der Waals surface area contributed by atoms with Crippen LogP contribution in [0.25, 0.3) is 0 Å². The van der Waals surface area contributed by atoms with Crippen molar-refractivity contribution >= 4 is 17.8 Å². The lowest BCUT2D eigenvalue weighted by atomic mass is 10.2. The molecule has 0 saturated carbocycles. The number of benzene rings is 2. The highest BCUT2D eigenvalue weighted by Gasteiger charge is 2.06. The maximum Gasteiger partial charge on any atom is 0.273 e. The summed E-state index contributed by atoms with van der Waals surface area (Å²) in [5, 5.41) is 13.3. The number of para-hydroxylation sites is 2. The maximum absolute atomic E-state index is 11.8. The number of hydrogen-bond acceptors (Lipinski definition) is 4. The molecule has 0 aliphatic heterocycles. The number of anilines is 1. The Balaban J connectivity index is 2.06. The van der Waals surface area contributed by atoms with E-state index in [0.29, 0.717) is 16.8 Å². The van der Waals surface area contributed by atoms with Gasteiger partial charge in [0.1, 0.15) is 5.75 Å². The Labute approximate surface area is 110 Å². The van der Waals surface area contributed by atoms with Crippen molar-refractivity contribution < 1.29 is 9.90 Å². The van der Waals surface area contributed by atoms with Crippen molar-refractivity contribution in [2.75, 3.05) is 5.73 Å². The molecule has 0 atom stereocenters. The minimum absolute atomic E-state index is 0.0970. The quantitative estimate of drug-likeness (QED) is 0.443. The molecule has 4 N–H and O–H groups in total. The summed E-state index contributed by atoms with van der Waals surface area (Å²) in [6, 6.07) is 13.4. The first-order chi connectivity index (χ1) is 9.18. The van der Waals surface area contributed by atoms with Crippen LogP contribution in [-0.4, -0.2) is 17.2 Å². The molecule has 0 saturated heterocycles. The number of phenolic OH excluding ortho intramolecular Hbond substituents is 1. The summed E-state index contributed by atoms with van der Waals surface area (Å²) < 4.78 is 0. The van der Waals surface area contributed by atoms with E-state index in [4.69, 9.17) is 5.73 Å². The molecule has 1 amide bonds. The second kappa shape index (κ2) is 5.68. The average molecular weight is 255 g/mol. The number of nitrogens with zero attached hydrogens (tertiary/aromatic N) is 1. The van der Waals surface area contributed by atoms with Gasteiger partial charge in [0.05, 0.1) is 11.8 Å². The summed E-state index contributed by atoms with van der Waals surface area (Å²) in [6.45, 7) is 0. The van der Waals surface area contributed by atoms with Gasteiger partial charge in [-0.2, -0.15) is 5.10 Å². The van der Waals surface area contributed by atoms with Gasteiger partial charge in [-0.25, -0.2) is 5.43 Å². The van der Waals surface area contributed by atoms with Gasteiger partial charge in [0, 0.05) is 11.3 Å². The van der Waals surface area contributed by atoms with Gasteiger partial charge in [-0.15, -0.1) is 0 Å². The van der Waals surface area contributed by atoms with Crippen LogP contribution in [0.2, 0.25) is 0 Å². The molecule has 0 fully saturated rings. The molecule has 0 radical (unpaired) electrons. The van der Waals surface area contributed by atoms with Crippen LogP contribution >= 0.6 is 0 Å². The molecule has 19 heavy (non-hydrogen) atoms. The third kappa shape index (κ3) is 3.10. The molecule has 0 bridgehead atoms. The predicted octanol–water partition coefficient (Wildman–Crippen LogP) is 1.74. The summed E-state index contributed by atoms with van der Waals surface area (Å²) in [4.78, 5) is 11.8. The van der Waals surface area contributed by atoms with Crippen molar-refractivity contribution in [2.24, 2.45) is 5.10 Å². The number of rotatable bonds is 3. The van der Waals surface area contributed by atoms with Crippen LogP contribution in [0.5, 0.6) is 5.75 Å². The summed E-state index contributed by atoms with van der Waals surface area (Å²) in [7, 11) is 0. The number of phenols is 1. The van der Waals surface area contributed by atoms with Gasteiger partial charge < -0.3 is 10.8 Å². The molecule has 0 heterocycles. The van der Waals surface area contributed by atoms with Crippen molar-refractivity contribution in [2.45, 2.75) is 0 Å². The number of nitrogens with two attached hydrogens (primary N) is 1. The lowest BCUT2D eigenvalue weighted by molar-refractivity contribution is 0.0956. The van der Waals surface area contributed by atoms with Gasteiger partial charge in [0.15, 0.2) is 0 Å². The molecular formula is C14H13N3O2. The Morgan fingerprint density at radius 3 is 2.58 bits per heavy atom. The molecule has 0 unspecified atom stereocenters. The van der Waals surface area contributed by atoms with E-state index in [1.165, 1.54) is 6.21 Å². The predicted molar refractivity (Wildman–Crippen MR) is 74.0 cm³/mol. The summed E-state index contributed by atoms with van der Waals surface area (Å²) in [6.07, 6.45) is 1.37. The smallest absolute Gasteiger partial charge is 0.273 e. The van der Waals surface area contributed by atoms with E-state index in [-0.39, 0.29) is 5.75 Å². The van der Waals surface area contributed by atoms with Crippen LogP contribution in [0.3, 0.4) is 0 Å². The Kier molecular flexibility index (Phi) is 3.78. The van der Waals surface area contributed by atoms with Gasteiger partial charge in [-0.1, -0.05) is 24.3 Å². The molecule has 0 aliphatic rings. The van der Waals surface area contributed by atoms with Crippen LogP contribution in [-0.2, 0) is 0 Å². The molecule has 0 aromatic heterocycles. The Bertz CT molecular complexity index is 624. The highest BCUT2D eigenvalue weighted by Crippen LogP contribution is 2.13. The van der Waals surface area contributed by atoms with E-state index in [9.17, 15) is 9.90 Å². The van der Waals surface area contributed by atoms with Crippen molar-refractivity contribution in [1.29, 1.82) is 0 Å². The molecule has 96 valence electrons. The molecule has 2 rings (SSSR count). The lowest BCUT2D eigenvalue weighted by Gasteiger charge is -2.03. The average Bonchev–Trinajstić information content (AvgIpc) is 2.41. The SMILES string of the molecule is Nc1ccccc1C(=O)N/N=C\c1ccccc1O. The largest absolute Gasteiger partial charge is 0.507 e. The van der Waals surface area contributed by atoms with Gasteiger partial charge in [0.25, 0.3) is 5.91 Å². The number of carbonyl (C=O) groups is 1. The molecule has 0 aliphatic carbocycles. The Morgan fingerprint density at radius 2 is 1.84 bits per heavy atom. The van der Waals surface area contributed by atoms with E-state index in [1.54, 1.807) is 48.5 Å². The number of hydrazone groups is 1. The van der Waals surface area contributed by atoms with E-state index < -0.39 is 5.91 Å². The van der Waals surface area contributed by atoms with Crippen molar-refractivity contribution in [1.82, 2.24) is 5.43 Å². The zero-order valence-electron chi connectivity index (χ0n) is 10.1.